The van der Waals surface area contributed by atoms with Crippen LogP contribution in [0.15, 0.2) is 30.3 Å². The molecule has 0 heterocycles. The molecule has 0 fully saturated rings. The summed E-state index contributed by atoms with van der Waals surface area (Å²) in [5.74, 6) is -0.759. The number of hydrogen-bond donors (Lipinski definition) is 2. The zero-order chi connectivity index (χ0) is 12.8. The van der Waals surface area contributed by atoms with Crippen molar-refractivity contribution in [1.29, 1.82) is 0 Å². The van der Waals surface area contributed by atoms with Gasteiger partial charge in [-0.25, -0.2) is 0 Å². The minimum Gasteiger partial charge on any atom is -0.481 e. The maximum Gasteiger partial charge on any atom is 0.303 e. The molecule has 0 spiro atoms. The van der Waals surface area contributed by atoms with E-state index in [1.54, 1.807) is 0 Å². The Kier molecular flexibility index (Phi) is 5.51. The second-order valence-corrected chi connectivity index (χ2v) is 4.88. The van der Waals surface area contributed by atoms with Gasteiger partial charge in [-0.3, -0.25) is 4.79 Å². The van der Waals surface area contributed by atoms with E-state index >= 15 is 0 Å². The van der Waals surface area contributed by atoms with E-state index in [4.69, 9.17) is 5.11 Å². The number of thiol groups is 1. The Morgan fingerprint density at radius 1 is 1.35 bits per heavy atom. The lowest BCUT2D eigenvalue weighted by molar-refractivity contribution is -0.137. The lowest BCUT2D eigenvalue weighted by Crippen LogP contribution is -2.32. The second kappa shape index (κ2) is 6.67. The SMILES string of the molecule is CN(C)C(CCC(=O)O)C(S)c1ccccc1. The highest BCUT2D eigenvalue weighted by Gasteiger charge is 2.22. The quantitative estimate of drug-likeness (QED) is 0.765. The first-order valence-corrected chi connectivity index (χ1v) is 6.15. The summed E-state index contributed by atoms with van der Waals surface area (Å²) in [7, 11) is 3.91. The highest BCUT2D eigenvalue weighted by Crippen LogP contribution is 2.28. The lowest BCUT2D eigenvalue weighted by Gasteiger charge is -2.29. The summed E-state index contributed by atoms with van der Waals surface area (Å²) in [6.07, 6.45) is 0.776. The number of likely N-dealkylation sites (N-methyl/N-ethyl adjacent to an activating group) is 1. The smallest absolute Gasteiger partial charge is 0.303 e. The van der Waals surface area contributed by atoms with Crippen molar-refractivity contribution in [3.63, 3.8) is 0 Å². The number of carboxylic acids is 1. The fraction of sp³-hybridized carbons (Fsp3) is 0.462. The molecule has 0 saturated carbocycles. The molecule has 2 atom stereocenters. The molecular weight excluding hydrogens is 234 g/mol. The molecule has 1 N–H and O–H groups in total. The van der Waals surface area contributed by atoms with Crippen LogP contribution in [-0.2, 0) is 4.79 Å². The number of aliphatic carboxylic acids is 1. The van der Waals surface area contributed by atoms with Crippen molar-refractivity contribution in [2.75, 3.05) is 14.1 Å². The third-order valence-electron chi connectivity index (χ3n) is 2.82. The second-order valence-electron chi connectivity index (χ2n) is 4.32. The topological polar surface area (TPSA) is 40.5 Å². The van der Waals surface area contributed by atoms with E-state index in [-0.39, 0.29) is 17.7 Å². The van der Waals surface area contributed by atoms with E-state index in [0.717, 1.165) is 5.56 Å². The number of carbonyl (C=O) groups is 1. The zero-order valence-electron chi connectivity index (χ0n) is 10.2. The molecule has 0 aliphatic rings. The van der Waals surface area contributed by atoms with Crippen LogP contribution in [0.5, 0.6) is 0 Å². The summed E-state index contributed by atoms with van der Waals surface area (Å²) >= 11 is 4.62. The lowest BCUT2D eigenvalue weighted by atomic mass is 10.0. The third kappa shape index (κ3) is 4.40. The van der Waals surface area contributed by atoms with Crippen molar-refractivity contribution >= 4 is 18.6 Å². The summed E-state index contributed by atoms with van der Waals surface area (Å²) in [5.41, 5.74) is 1.12. The molecule has 0 radical (unpaired) electrons. The van der Waals surface area contributed by atoms with Crippen LogP contribution in [0.2, 0.25) is 0 Å². The van der Waals surface area contributed by atoms with Crippen LogP contribution in [-0.4, -0.2) is 36.1 Å². The van der Waals surface area contributed by atoms with Crippen molar-refractivity contribution in [3.8, 4) is 0 Å². The van der Waals surface area contributed by atoms with E-state index in [9.17, 15) is 4.79 Å². The summed E-state index contributed by atoms with van der Waals surface area (Å²) < 4.78 is 0. The molecule has 94 valence electrons. The largest absolute Gasteiger partial charge is 0.481 e. The van der Waals surface area contributed by atoms with E-state index in [1.807, 2.05) is 49.3 Å². The van der Waals surface area contributed by atoms with Gasteiger partial charge in [-0.1, -0.05) is 30.3 Å². The summed E-state index contributed by atoms with van der Waals surface area (Å²) in [5, 5.41) is 8.79. The molecular formula is C13H19NO2S. The molecule has 0 aliphatic heterocycles. The molecule has 17 heavy (non-hydrogen) atoms. The Morgan fingerprint density at radius 2 is 1.94 bits per heavy atom. The van der Waals surface area contributed by atoms with Crippen molar-refractivity contribution in [1.82, 2.24) is 4.90 Å². The third-order valence-corrected chi connectivity index (χ3v) is 3.47. The number of rotatable bonds is 6. The first kappa shape index (κ1) is 14.1. The van der Waals surface area contributed by atoms with Gasteiger partial charge in [-0.2, -0.15) is 12.6 Å². The maximum absolute atomic E-state index is 10.6. The molecule has 0 aliphatic carbocycles. The average molecular weight is 253 g/mol. The van der Waals surface area contributed by atoms with Crippen molar-refractivity contribution in [2.24, 2.45) is 0 Å². The van der Waals surface area contributed by atoms with Crippen LogP contribution in [0.25, 0.3) is 0 Å². The summed E-state index contributed by atoms with van der Waals surface area (Å²) in [6.45, 7) is 0. The Balaban J connectivity index is 2.73. The normalized spacial score (nSPS) is 14.6. The van der Waals surface area contributed by atoms with Crippen LogP contribution >= 0.6 is 12.6 Å². The monoisotopic (exact) mass is 253 g/mol. The van der Waals surface area contributed by atoms with Crippen molar-refractivity contribution in [3.05, 3.63) is 35.9 Å². The summed E-state index contributed by atoms with van der Waals surface area (Å²) in [6, 6.07) is 10.1. The molecule has 3 nitrogen and oxygen atoms in total. The van der Waals surface area contributed by atoms with Crippen molar-refractivity contribution < 1.29 is 9.90 Å². The predicted octanol–water partition coefficient (Wildman–Crippen LogP) is 2.45. The van der Waals surface area contributed by atoms with Crippen LogP contribution in [0.4, 0.5) is 0 Å². The molecule has 1 rings (SSSR count). The Hall–Kier alpha value is -1.00. The van der Waals surface area contributed by atoms with Gasteiger partial charge in [-0.05, 0) is 26.1 Å². The Bertz CT molecular complexity index is 354. The Morgan fingerprint density at radius 3 is 2.41 bits per heavy atom. The predicted molar refractivity (Wildman–Crippen MR) is 72.5 cm³/mol. The molecule has 1 aromatic rings. The minimum atomic E-state index is -0.759. The zero-order valence-corrected chi connectivity index (χ0v) is 11.1. The fourth-order valence-electron chi connectivity index (χ4n) is 1.84. The molecule has 0 amide bonds. The van der Waals surface area contributed by atoms with Gasteiger partial charge < -0.3 is 10.0 Å². The van der Waals surface area contributed by atoms with Gasteiger partial charge in [0.15, 0.2) is 0 Å². The number of carboxylic acid groups (broad SMARTS) is 1. The van der Waals surface area contributed by atoms with Gasteiger partial charge in [0.2, 0.25) is 0 Å². The summed E-state index contributed by atoms with van der Waals surface area (Å²) in [4.78, 5) is 12.7. The number of hydrogen-bond acceptors (Lipinski definition) is 3. The molecule has 1 aromatic carbocycles. The maximum atomic E-state index is 10.6. The first-order chi connectivity index (χ1) is 8.02. The van der Waals surface area contributed by atoms with E-state index in [0.29, 0.717) is 6.42 Å². The van der Waals surface area contributed by atoms with Crippen molar-refractivity contribution in [2.45, 2.75) is 24.1 Å². The highest BCUT2D eigenvalue weighted by molar-refractivity contribution is 7.80. The first-order valence-electron chi connectivity index (χ1n) is 5.63. The molecule has 0 bridgehead atoms. The van der Waals surface area contributed by atoms with Gasteiger partial charge in [0, 0.05) is 17.7 Å². The van der Waals surface area contributed by atoms with Crippen LogP contribution in [0.1, 0.15) is 23.7 Å². The van der Waals surface area contributed by atoms with Gasteiger partial charge in [0.05, 0.1) is 0 Å². The minimum absolute atomic E-state index is 0.0329. The number of benzene rings is 1. The van der Waals surface area contributed by atoms with Crippen LogP contribution in [0, 0.1) is 0 Å². The van der Waals surface area contributed by atoms with E-state index in [2.05, 4.69) is 12.6 Å². The number of nitrogens with zero attached hydrogens (tertiary/aromatic N) is 1. The van der Waals surface area contributed by atoms with Crippen LogP contribution < -0.4 is 0 Å². The molecule has 4 heteroatoms. The highest BCUT2D eigenvalue weighted by atomic mass is 32.1. The Labute approximate surface area is 108 Å². The average Bonchev–Trinajstić information content (AvgIpc) is 2.29. The molecule has 2 unspecified atom stereocenters. The van der Waals surface area contributed by atoms with E-state index < -0.39 is 5.97 Å². The molecule has 0 saturated heterocycles. The molecule has 0 aromatic heterocycles. The van der Waals surface area contributed by atoms with Gasteiger partial charge in [0.1, 0.15) is 0 Å². The van der Waals surface area contributed by atoms with Gasteiger partial charge in [0.25, 0.3) is 0 Å². The van der Waals surface area contributed by atoms with Gasteiger partial charge >= 0.3 is 5.97 Å². The fourth-order valence-corrected chi connectivity index (χ4v) is 2.43. The van der Waals surface area contributed by atoms with Crippen LogP contribution in [0.3, 0.4) is 0 Å². The van der Waals surface area contributed by atoms with Gasteiger partial charge in [-0.15, -0.1) is 0 Å². The standard InChI is InChI=1S/C13H19NO2S/c1-14(2)11(8-9-12(15)16)13(17)10-6-4-3-5-7-10/h3-7,11,13,17H,8-9H2,1-2H3,(H,15,16). The van der Waals surface area contributed by atoms with E-state index in [1.165, 1.54) is 0 Å².